The molecule has 0 atom stereocenters. The van der Waals surface area contributed by atoms with Crippen LogP contribution in [0.3, 0.4) is 0 Å². The molecular weight excluding hydrogens is 208 g/mol. The van der Waals surface area contributed by atoms with Crippen molar-refractivity contribution in [3.05, 3.63) is 5.53 Å². The van der Waals surface area contributed by atoms with Gasteiger partial charge in [-0.25, -0.2) is 4.79 Å². The monoisotopic (exact) mass is 224 g/mol. The van der Waals surface area contributed by atoms with Gasteiger partial charge in [-0.15, -0.1) is 0 Å². The molecule has 5 heteroatoms. The van der Waals surface area contributed by atoms with Gasteiger partial charge in [0.15, 0.2) is 0 Å². The van der Waals surface area contributed by atoms with Crippen molar-refractivity contribution in [2.24, 2.45) is 5.92 Å². The Labute approximate surface area is 94.4 Å². The molecule has 1 fully saturated rings. The highest BCUT2D eigenvalue weighted by atomic mass is 16.5. The quantitative estimate of drug-likeness (QED) is 0.238. The van der Waals surface area contributed by atoms with Gasteiger partial charge in [-0.05, 0) is 5.92 Å². The van der Waals surface area contributed by atoms with Crippen molar-refractivity contribution in [1.82, 2.24) is 0 Å². The number of methoxy groups -OCH3 is 1. The third-order valence-electron chi connectivity index (χ3n) is 2.94. The average Bonchev–Trinajstić information content (AvgIpc) is 2.31. The van der Waals surface area contributed by atoms with Crippen LogP contribution in [0, 0.1) is 5.92 Å². The number of carbonyl (C=O) groups excluding carboxylic acids is 2. The summed E-state index contributed by atoms with van der Waals surface area (Å²) in [7, 11) is 1.15. The van der Waals surface area contributed by atoms with Crippen molar-refractivity contribution in [1.29, 1.82) is 0 Å². The van der Waals surface area contributed by atoms with Crippen LogP contribution >= 0.6 is 0 Å². The van der Waals surface area contributed by atoms with Crippen LogP contribution in [-0.2, 0) is 14.3 Å². The van der Waals surface area contributed by atoms with Gasteiger partial charge in [-0.1, -0.05) is 32.1 Å². The van der Waals surface area contributed by atoms with Gasteiger partial charge in [-0.2, -0.15) is 4.79 Å². The minimum Gasteiger partial charge on any atom is -0.460 e. The van der Waals surface area contributed by atoms with Crippen molar-refractivity contribution in [2.45, 2.75) is 38.5 Å². The van der Waals surface area contributed by atoms with E-state index in [-0.39, 0.29) is 6.42 Å². The van der Waals surface area contributed by atoms with Gasteiger partial charge in [0.05, 0.1) is 7.11 Å². The van der Waals surface area contributed by atoms with Crippen LogP contribution in [0.15, 0.2) is 0 Å². The van der Waals surface area contributed by atoms with Gasteiger partial charge in [0.1, 0.15) is 0 Å². The number of carbonyl (C=O) groups is 2. The maximum absolute atomic E-state index is 11.7. The van der Waals surface area contributed by atoms with Crippen LogP contribution in [0.25, 0.3) is 5.53 Å². The Balaban J connectivity index is 2.56. The molecular formula is C11H16N2O3. The first-order valence-corrected chi connectivity index (χ1v) is 5.52. The highest BCUT2D eigenvalue weighted by Gasteiger charge is 2.32. The third-order valence-corrected chi connectivity index (χ3v) is 2.94. The lowest BCUT2D eigenvalue weighted by atomic mass is 9.85. The fourth-order valence-electron chi connectivity index (χ4n) is 2.06. The van der Waals surface area contributed by atoms with Crippen LogP contribution in [0.4, 0.5) is 0 Å². The highest BCUT2D eigenvalue weighted by Crippen LogP contribution is 2.26. The Bertz CT molecular complexity index is 326. The molecule has 5 nitrogen and oxygen atoms in total. The van der Waals surface area contributed by atoms with E-state index in [9.17, 15) is 9.59 Å². The fourth-order valence-corrected chi connectivity index (χ4v) is 2.06. The van der Waals surface area contributed by atoms with Crippen molar-refractivity contribution in [3.63, 3.8) is 0 Å². The Hall–Kier alpha value is -1.48. The lowest BCUT2D eigenvalue weighted by Gasteiger charge is -2.19. The summed E-state index contributed by atoms with van der Waals surface area (Å²) < 4.78 is 4.36. The summed E-state index contributed by atoms with van der Waals surface area (Å²) in [6.07, 6.45) is 5.75. The molecule has 0 unspecified atom stereocenters. The zero-order valence-corrected chi connectivity index (χ0v) is 9.44. The number of ketones is 1. The number of hydrogen-bond acceptors (Lipinski definition) is 3. The number of ether oxygens (including phenoxy) is 1. The van der Waals surface area contributed by atoms with Gasteiger partial charge in [0.2, 0.25) is 0 Å². The predicted molar refractivity (Wildman–Crippen MR) is 56.8 cm³/mol. The largest absolute Gasteiger partial charge is 0.460 e. The van der Waals surface area contributed by atoms with E-state index in [1.165, 1.54) is 6.42 Å². The first kappa shape index (κ1) is 12.6. The molecule has 16 heavy (non-hydrogen) atoms. The van der Waals surface area contributed by atoms with Gasteiger partial charge in [0, 0.05) is 6.42 Å². The molecule has 0 radical (unpaired) electrons. The lowest BCUT2D eigenvalue weighted by molar-refractivity contribution is -0.139. The second-order valence-electron chi connectivity index (χ2n) is 4.07. The fraction of sp³-hybridized carbons (Fsp3) is 0.727. The molecule has 0 aliphatic heterocycles. The van der Waals surface area contributed by atoms with Crippen LogP contribution in [0.2, 0.25) is 0 Å². The molecule has 1 aliphatic carbocycles. The normalized spacial score (nSPS) is 16.3. The molecule has 1 rings (SSSR count). The second-order valence-corrected chi connectivity index (χ2v) is 4.07. The molecule has 0 spiro atoms. The van der Waals surface area contributed by atoms with Gasteiger partial charge < -0.3 is 10.3 Å². The molecule has 88 valence electrons. The van der Waals surface area contributed by atoms with Crippen LogP contribution in [0.1, 0.15) is 38.5 Å². The summed E-state index contributed by atoms with van der Waals surface area (Å²) in [5.41, 5.74) is 8.10. The van der Waals surface area contributed by atoms with Crippen LogP contribution in [-0.4, -0.2) is 29.4 Å². The van der Waals surface area contributed by atoms with E-state index in [2.05, 4.69) is 9.53 Å². The minimum atomic E-state index is -0.872. The zero-order valence-electron chi connectivity index (χ0n) is 9.44. The predicted octanol–water partition coefficient (Wildman–Crippen LogP) is 1.37. The van der Waals surface area contributed by atoms with E-state index >= 15 is 0 Å². The number of nitrogens with zero attached hydrogens (tertiary/aromatic N) is 2. The third kappa shape index (κ3) is 3.28. The summed E-state index contributed by atoms with van der Waals surface area (Å²) in [4.78, 5) is 25.5. The number of Topliss-reactive ketones (excluding diaryl/α,β-unsaturated/α-hetero) is 1. The average molecular weight is 224 g/mol. The van der Waals surface area contributed by atoms with E-state index in [0.29, 0.717) is 5.92 Å². The smallest absolute Gasteiger partial charge is 0.441 e. The van der Waals surface area contributed by atoms with Gasteiger partial charge in [-0.3, -0.25) is 4.79 Å². The first-order valence-electron chi connectivity index (χ1n) is 5.52. The zero-order chi connectivity index (χ0) is 12.0. The lowest BCUT2D eigenvalue weighted by Crippen LogP contribution is -2.28. The van der Waals surface area contributed by atoms with Crippen LogP contribution in [0.5, 0.6) is 0 Å². The molecule has 0 heterocycles. The summed E-state index contributed by atoms with van der Waals surface area (Å²) in [5.74, 6) is -0.993. The van der Waals surface area contributed by atoms with Crippen LogP contribution < -0.4 is 0 Å². The summed E-state index contributed by atoms with van der Waals surface area (Å²) in [6, 6.07) is 0. The maximum Gasteiger partial charge on any atom is 0.441 e. The molecule has 0 N–H and O–H groups in total. The molecule has 1 aliphatic rings. The van der Waals surface area contributed by atoms with Gasteiger partial charge >= 0.3 is 11.7 Å². The van der Waals surface area contributed by atoms with E-state index in [4.69, 9.17) is 5.53 Å². The van der Waals surface area contributed by atoms with Gasteiger partial charge in [0.25, 0.3) is 5.78 Å². The molecule has 1 saturated carbocycles. The van der Waals surface area contributed by atoms with Crippen molar-refractivity contribution < 1.29 is 19.1 Å². The Morgan fingerprint density at radius 1 is 1.31 bits per heavy atom. The van der Waals surface area contributed by atoms with E-state index in [1.807, 2.05) is 0 Å². The summed E-state index contributed by atoms with van der Waals surface area (Å²) in [5, 5.41) is 0. The Kier molecular flexibility index (Phi) is 4.86. The molecule has 0 aromatic rings. The molecule has 0 amide bonds. The van der Waals surface area contributed by atoms with E-state index < -0.39 is 17.5 Å². The van der Waals surface area contributed by atoms with Crippen molar-refractivity contribution in [3.8, 4) is 0 Å². The standard InChI is InChI=1S/C11H16N2O3/c1-16-11(15)10(13-12)9(14)7-8-5-3-2-4-6-8/h8H,2-7H2,1H3. The Morgan fingerprint density at radius 3 is 2.44 bits per heavy atom. The van der Waals surface area contributed by atoms with Crippen molar-refractivity contribution >= 4 is 17.5 Å². The molecule has 0 aromatic heterocycles. The molecule has 0 aromatic carbocycles. The van der Waals surface area contributed by atoms with E-state index in [1.54, 1.807) is 0 Å². The highest BCUT2D eigenvalue weighted by molar-refractivity contribution is 6.62. The molecule has 0 saturated heterocycles. The summed E-state index contributed by atoms with van der Waals surface area (Å²) in [6.45, 7) is 0. The van der Waals surface area contributed by atoms with E-state index in [0.717, 1.165) is 32.8 Å². The Morgan fingerprint density at radius 2 is 1.94 bits per heavy atom. The summed E-state index contributed by atoms with van der Waals surface area (Å²) >= 11 is 0. The molecule has 0 bridgehead atoms. The SMILES string of the molecule is COC(=O)C(=[N+]=[N-])C(=O)CC1CCCCC1. The number of esters is 1. The topological polar surface area (TPSA) is 79.8 Å². The minimum absolute atomic E-state index is 0.272. The number of hydrogen-bond donors (Lipinski definition) is 0. The maximum atomic E-state index is 11.7. The second kappa shape index (κ2) is 6.18. The van der Waals surface area contributed by atoms with Crippen molar-refractivity contribution in [2.75, 3.05) is 7.11 Å². The first-order chi connectivity index (χ1) is 7.69. The number of rotatable bonds is 4.